The van der Waals surface area contributed by atoms with Crippen LogP contribution in [-0.4, -0.2) is 45.0 Å². The summed E-state index contributed by atoms with van der Waals surface area (Å²) in [6.07, 6.45) is 3.72. The molecule has 0 heterocycles. The summed E-state index contributed by atoms with van der Waals surface area (Å²) in [7, 11) is -3.09. The summed E-state index contributed by atoms with van der Waals surface area (Å²) in [6.45, 7) is 0.941. The molecule has 1 rings (SSSR count). The summed E-state index contributed by atoms with van der Waals surface area (Å²) >= 11 is 0. The Balaban J connectivity index is 2.09. The standard InChI is InChI=1S/C8H18N2O3S/c1-14(12,13)10-6-5-9-7-3-2-4-8(7)11/h7-11H,2-6H2,1H3/t7-,8-/m0/s1. The van der Waals surface area contributed by atoms with Crippen LogP contribution in [0, 0.1) is 0 Å². The quantitative estimate of drug-likeness (QED) is 0.523. The van der Waals surface area contributed by atoms with Crippen LogP contribution in [0.3, 0.4) is 0 Å². The minimum atomic E-state index is -3.09. The number of rotatable bonds is 5. The lowest BCUT2D eigenvalue weighted by Crippen LogP contribution is -2.40. The summed E-state index contributed by atoms with van der Waals surface area (Å²) in [4.78, 5) is 0. The third-order valence-electron chi connectivity index (χ3n) is 2.38. The van der Waals surface area contributed by atoms with Gasteiger partial charge in [-0.05, 0) is 19.3 Å². The van der Waals surface area contributed by atoms with Crippen molar-refractivity contribution in [1.82, 2.24) is 10.0 Å². The third-order valence-corrected chi connectivity index (χ3v) is 3.10. The normalized spacial score (nSPS) is 28.1. The fraction of sp³-hybridized carbons (Fsp3) is 1.00. The van der Waals surface area contributed by atoms with Crippen LogP contribution in [0.25, 0.3) is 0 Å². The van der Waals surface area contributed by atoms with Crippen molar-refractivity contribution in [2.75, 3.05) is 19.3 Å². The Morgan fingerprint density at radius 2 is 2.07 bits per heavy atom. The molecule has 1 aliphatic carbocycles. The number of aliphatic hydroxyl groups excluding tert-OH is 1. The average Bonchev–Trinajstić information content (AvgIpc) is 2.44. The number of aliphatic hydroxyl groups is 1. The maximum absolute atomic E-state index is 10.7. The van der Waals surface area contributed by atoms with Gasteiger partial charge in [0.2, 0.25) is 10.0 Å². The zero-order valence-electron chi connectivity index (χ0n) is 8.36. The highest BCUT2D eigenvalue weighted by Gasteiger charge is 2.23. The van der Waals surface area contributed by atoms with E-state index >= 15 is 0 Å². The molecule has 14 heavy (non-hydrogen) atoms. The van der Waals surface area contributed by atoms with Gasteiger partial charge in [-0.2, -0.15) is 0 Å². The first-order chi connectivity index (χ1) is 6.49. The molecule has 5 nitrogen and oxygen atoms in total. The number of sulfonamides is 1. The second-order valence-electron chi connectivity index (χ2n) is 3.73. The molecular weight excluding hydrogens is 204 g/mol. The van der Waals surface area contributed by atoms with Crippen LogP contribution in [0.2, 0.25) is 0 Å². The van der Waals surface area contributed by atoms with Crippen molar-refractivity contribution >= 4 is 10.0 Å². The van der Waals surface area contributed by atoms with E-state index in [0.29, 0.717) is 13.1 Å². The van der Waals surface area contributed by atoms with Crippen molar-refractivity contribution in [3.05, 3.63) is 0 Å². The molecular formula is C8H18N2O3S. The number of hydrogen-bond donors (Lipinski definition) is 3. The fourth-order valence-corrected chi connectivity index (χ4v) is 2.15. The van der Waals surface area contributed by atoms with Gasteiger partial charge < -0.3 is 10.4 Å². The molecule has 3 N–H and O–H groups in total. The lowest BCUT2D eigenvalue weighted by Gasteiger charge is -2.16. The van der Waals surface area contributed by atoms with Crippen molar-refractivity contribution < 1.29 is 13.5 Å². The van der Waals surface area contributed by atoms with Crippen molar-refractivity contribution in [1.29, 1.82) is 0 Å². The van der Waals surface area contributed by atoms with Gasteiger partial charge in [0.05, 0.1) is 12.4 Å². The molecule has 0 aromatic heterocycles. The Morgan fingerprint density at radius 1 is 1.36 bits per heavy atom. The third kappa shape index (κ3) is 4.36. The van der Waals surface area contributed by atoms with Gasteiger partial charge in [0.1, 0.15) is 0 Å². The maximum atomic E-state index is 10.7. The second-order valence-corrected chi connectivity index (χ2v) is 5.56. The van der Waals surface area contributed by atoms with Crippen LogP contribution in [0.4, 0.5) is 0 Å². The summed E-state index contributed by atoms with van der Waals surface area (Å²) < 4.78 is 23.8. The Bertz CT molecular complexity index is 266. The van der Waals surface area contributed by atoms with E-state index in [9.17, 15) is 13.5 Å². The molecule has 0 aliphatic heterocycles. The van der Waals surface area contributed by atoms with Gasteiger partial charge in [0, 0.05) is 19.1 Å². The predicted molar refractivity (Wildman–Crippen MR) is 54.5 cm³/mol. The van der Waals surface area contributed by atoms with Crippen molar-refractivity contribution in [3.8, 4) is 0 Å². The topological polar surface area (TPSA) is 78.4 Å². The molecule has 0 radical (unpaired) electrons. The van der Waals surface area contributed by atoms with E-state index in [4.69, 9.17) is 0 Å². The number of nitrogens with one attached hydrogen (secondary N) is 2. The van der Waals surface area contributed by atoms with Gasteiger partial charge in [-0.25, -0.2) is 13.1 Å². The van der Waals surface area contributed by atoms with E-state index in [0.717, 1.165) is 25.5 Å². The van der Waals surface area contributed by atoms with Crippen LogP contribution < -0.4 is 10.0 Å². The highest BCUT2D eigenvalue weighted by atomic mass is 32.2. The lowest BCUT2D eigenvalue weighted by molar-refractivity contribution is 0.150. The van der Waals surface area contributed by atoms with Crippen LogP contribution in [-0.2, 0) is 10.0 Å². The molecule has 84 valence electrons. The van der Waals surface area contributed by atoms with Crippen molar-refractivity contribution in [2.45, 2.75) is 31.4 Å². The monoisotopic (exact) mass is 222 g/mol. The van der Waals surface area contributed by atoms with Gasteiger partial charge in [0.15, 0.2) is 0 Å². The predicted octanol–water partition coefficient (Wildman–Crippen LogP) is -0.961. The van der Waals surface area contributed by atoms with E-state index in [1.54, 1.807) is 0 Å². The maximum Gasteiger partial charge on any atom is 0.208 e. The molecule has 0 spiro atoms. The Hall–Kier alpha value is -0.170. The fourth-order valence-electron chi connectivity index (χ4n) is 1.67. The highest BCUT2D eigenvalue weighted by Crippen LogP contribution is 2.18. The van der Waals surface area contributed by atoms with E-state index < -0.39 is 10.0 Å². The lowest BCUT2D eigenvalue weighted by atomic mass is 10.2. The SMILES string of the molecule is CS(=O)(=O)NCCN[C@H]1CCC[C@@H]1O. The molecule has 1 fully saturated rings. The van der Waals surface area contributed by atoms with E-state index in [-0.39, 0.29) is 12.1 Å². The van der Waals surface area contributed by atoms with Crippen LogP contribution >= 0.6 is 0 Å². The molecule has 1 aliphatic rings. The number of hydrogen-bond acceptors (Lipinski definition) is 4. The molecule has 6 heteroatoms. The average molecular weight is 222 g/mol. The van der Waals surface area contributed by atoms with Crippen LogP contribution in [0.15, 0.2) is 0 Å². The first-order valence-corrected chi connectivity index (χ1v) is 6.74. The summed E-state index contributed by atoms with van der Waals surface area (Å²) in [6, 6.07) is 0.136. The van der Waals surface area contributed by atoms with E-state index in [1.165, 1.54) is 0 Å². The zero-order chi connectivity index (χ0) is 10.6. The highest BCUT2D eigenvalue weighted by molar-refractivity contribution is 7.88. The van der Waals surface area contributed by atoms with Gasteiger partial charge >= 0.3 is 0 Å². The smallest absolute Gasteiger partial charge is 0.208 e. The molecule has 0 saturated heterocycles. The summed E-state index contributed by atoms with van der Waals surface area (Å²) in [5.41, 5.74) is 0. The van der Waals surface area contributed by atoms with E-state index in [2.05, 4.69) is 10.0 Å². The molecule has 0 amide bonds. The first kappa shape index (κ1) is 11.9. The van der Waals surface area contributed by atoms with Gasteiger partial charge in [-0.15, -0.1) is 0 Å². The first-order valence-electron chi connectivity index (χ1n) is 4.85. The minimum absolute atomic E-state index is 0.136. The largest absolute Gasteiger partial charge is 0.392 e. The van der Waals surface area contributed by atoms with Crippen LogP contribution in [0.1, 0.15) is 19.3 Å². The second kappa shape index (κ2) is 5.06. The Labute approximate surface area is 84.9 Å². The molecule has 0 unspecified atom stereocenters. The molecule has 0 aromatic rings. The van der Waals surface area contributed by atoms with Gasteiger partial charge in [0.25, 0.3) is 0 Å². The molecule has 0 aromatic carbocycles. The molecule has 2 atom stereocenters. The summed E-state index contributed by atoms with van der Waals surface area (Å²) in [5, 5.41) is 12.6. The van der Waals surface area contributed by atoms with Crippen molar-refractivity contribution in [3.63, 3.8) is 0 Å². The van der Waals surface area contributed by atoms with Gasteiger partial charge in [-0.3, -0.25) is 0 Å². The Kier molecular flexibility index (Phi) is 4.31. The Morgan fingerprint density at radius 3 is 2.57 bits per heavy atom. The van der Waals surface area contributed by atoms with Crippen LogP contribution in [0.5, 0.6) is 0 Å². The van der Waals surface area contributed by atoms with Crippen molar-refractivity contribution in [2.24, 2.45) is 0 Å². The molecule has 1 saturated carbocycles. The summed E-state index contributed by atoms with van der Waals surface area (Å²) in [5.74, 6) is 0. The zero-order valence-corrected chi connectivity index (χ0v) is 9.18. The van der Waals surface area contributed by atoms with E-state index in [1.807, 2.05) is 0 Å². The minimum Gasteiger partial charge on any atom is -0.392 e. The molecule has 0 bridgehead atoms. The van der Waals surface area contributed by atoms with Gasteiger partial charge in [-0.1, -0.05) is 0 Å².